The second-order valence-corrected chi connectivity index (χ2v) is 8.77. The van der Waals surface area contributed by atoms with Crippen LogP contribution < -0.4 is 10.1 Å². The molecule has 7 nitrogen and oxygen atoms in total. The number of aryl methyl sites for hydroxylation is 2. The number of phenols is 1. The number of aromatic nitrogens is 2. The highest BCUT2D eigenvalue weighted by Crippen LogP contribution is 2.51. The van der Waals surface area contributed by atoms with Crippen LogP contribution in [-0.4, -0.2) is 21.2 Å². The highest BCUT2D eigenvalue weighted by molar-refractivity contribution is 6.02. The lowest BCUT2D eigenvalue weighted by atomic mass is 9.83. The second-order valence-electron chi connectivity index (χ2n) is 8.77. The zero-order valence-corrected chi connectivity index (χ0v) is 19.0. The molecule has 0 atom stereocenters. The summed E-state index contributed by atoms with van der Waals surface area (Å²) in [5.41, 5.74) is 3.98. The predicted molar refractivity (Wildman–Crippen MR) is 121 cm³/mol. The summed E-state index contributed by atoms with van der Waals surface area (Å²) in [6.45, 7) is 8.26. The minimum Gasteiger partial charge on any atom is -0.506 e. The second kappa shape index (κ2) is 8.65. The third kappa shape index (κ3) is 4.07. The number of carbonyl (C=O) groups is 1. The van der Waals surface area contributed by atoms with E-state index in [4.69, 9.17) is 9.15 Å². The zero-order valence-electron chi connectivity index (χ0n) is 19.0. The fraction of sp³-hybridized carbons (Fsp3) is 0.400. The summed E-state index contributed by atoms with van der Waals surface area (Å²) in [5, 5.41) is 21.6. The van der Waals surface area contributed by atoms with Gasteiger partial charge in [-0.1, -0.05) is 43.5 Å². The summed E-state index contributed by atoms with van der Waals surface area (Å²) in [6, 6.07) is 8.01. The highest BCUT2D eigenvalue weighted by atomic mass is 16.5. The fourth-order valence-corrected chi connectivity index (χ4v) is 4.29. The molecule has 1 aliphatic heterocycles. The quantitative estimate of drug-likeness (QED) is 0.505. The number of ether oxygens (including phenoxy) is 1. The molecule has 0 unspecified atom stereocenters. The number of phenolic OH excluding ortho intramolecular Hbond substituents is 1. The molecular formula is C25H29N3O4. The average molecular weight is 436 g/mol. The van der Waals surface area contributed by atoms with Crippen molar-refractivity contribution in [3.8, 4) is 22.6 Å². The van der Waals surface area contributed by atoms with Crippen molar-refractivity contribution in [3.05, 3.63) is 58.8 Å². The molecule has 0 fully saturated rings. The van der Waals surface area contributed by atoms with E-state index < -0.39 is 5.60 Å². The molecule has 0 radical (unpaired) electrons. The molecule has 1 amide bonds. The van der Waals surface area contributed by atoms with Gasteiger partial charge in [-0.3, -0.25) is 4.79 Å². The summed E-state index contributed by atoms with van der Waals surface area (Å²) >= 11 is 0. The number of nitrogens with zero attached hydrogens (tertiary/aromatic N) is 2. The van der Waals surface area contributed by atoms with Crippen LogP contribution in [0.4, 0.5) is 0 Å². The van der Waals surface area contributed by atoms with Gasteiger partial charge >= 0.3 is 0 Å². The van der Waals surface area contributed by atoms with Crippen molar-refractivity contribution in [2.75, 3.05) is 0 Å². The molecule has 2 N–H and O–H groups in total. The van der Waals surface area contributed by atoms with E-state index >= 15 is 0 Å². The lowest BCUT2D eigenvalue weighted by Crippen LogP contribution is -2.30. The fourth-order valence-electron chi connectivity index (χ4n) is 4.29. The lowest BCUT2D eigenvalue weighted by molar-refractivity contribution is 0.0942. The monoisotopic (exact) mass is 435 g/mol. The van der Waals surface area contributed by atoms with Crippen LogP contribution in [-0.2, 0) is 18.6 Å². The highest BCUT2D eigenvalue weighted by Gasteiger charge is 2.36. The van der Waals surface area contributed by atoms with Crippen molar-refractivity contribution in [1.29, 1.82) is 0 Å². The van der Waals surface area contributed by atoms with Crippen molar-refractivity contribution >= 4 is 5.91 Å². The Morgan fingerprint density at radius 1 is 1.22 bits per heavy atom. The number of fused-ring (bicyclic) bond motifs is 3. The molecular weight excluding hydrogens is 406 g/mol. The van der Waals surface area contributed by atoms with E-state index in [-0.39, 0.29) is 23.8 Å². The van der Waals surface area contributed by atoms with Crippen LogP contribution in [0.2, 0.25) is 0 Å². The first kappa shape index (κ1) is 21.9. The van der Waals surface area contributed by atoms with Crippen LogP contribution in [0.1, 0.15) is 73.0 Å². The number of carbonyl (C=O) groups excluding carboxylic acids is 1. The van der Waals surface area contributed by atoms with E-state index in [2.05, 4.69) is 22.4 Å². The minimum absolute atomic E-state index is 0.0561. The number of amides is 1. The van der Waals surface area contributed by atoms with Gasteiger partial charge in [-0.2, -0.15) is 0 Å². The minimum atomic E-state index is -0.551. The predicted octanol–water partition coefficient (Wildman–Crippen LogP) is 5.04. The Bertz CT molecular complexity index is 1140. The van der Waals surface area contributed by atoms with E-state index in [0.717, 1.165) is 41.5 Å². The van der Waals surface area contributed by atoms with Gasteiger partial charge in [0.15, 0.2) is 0 Å². The number of nitrogens with one attached hydrogen (secondary N) is 1. The first-order chi connectivity index (χ1) is 15.3. The number of rotatable bonds is 7. The molecule has 2 heterocycles. The van der Waals surface area contributed by atoms with E-state index in [1.807, 2.05) is 45.0 Å². The van der Waals surface area contributed by atoms with Crippen LogP contribution >= 0.6 is 0 Å². The first-order valence-electron chi connectivity index (χ1n) is 11.0. The Morgan fingerprint density at radius 3 is 2.75 bits per heavy atom. The van der Waals surface area contributed by atoms with Gasteiger partial charge in [0.25, 0.3) is 5.91 Å². The van der Waals surface area contributed by atoms with Crippen molar-refractivity contribution in [1.82, 2.24) is 15.5 Å². The summed E-state index contributed by atoms with van der Waals surface area (Å²) in [6.07, 6.45) is 4.90. The Labute approximate surface area is 187 Å². The Kier molecular flexibility index (Phi) is 5.91. The van der Waals surface area contributed by atoms with Gasteiger partial charge in [0.05, 0.1) is 17.7 Å². The Morgan fingerprint density at radius 2 is 2.03 bits per heavy atom. The number of hydrogen-bond donors (Lipinski definition) is 2. The molecule has 1 aromatic heterocycles. The summed E-state index contributed by atoms with van der Waals surface area (Å²) < 4.78 is 11.5. The van der Waals surface area contributed by atoms with Gasteiger partial charge in [0.1, 0.15) is 17.1 Å². The van der Waals surface area contributed by atoms with Gasteiger partial charge in [0, 0.05) is 5.56 Å². The van der Waals surface area contributed by atoms with Crippen molar-refractivity contribution in [2.24, 2.45) is 0 Å². The summed E-state index contributed by atoms with van der Waals surface area (Å²) in [5.74, 6) is 0.466. The normalized spacial score (nSPS) is 13.8. The maximum Gasteiger partial charge on any atom is 0.255 e. The Hall–Kier alpha value is -3.35. The molecule has 168 valence electrons. The van der Waals surface area contributed by atoms with Crippen LogP contribution in [0.5, 0.6) is 11.5 Å². The van der Waals surface area contributed by atoms with Gasteiger partial charge in [-0.05, 0) is 50.8 Å². The van der Waals surface area contributed by atoms with E-state index in [9.17, 15) is 9.90 Å². The van der Waals surface area contributed by atoms with Crippen LogP contribution in [0.25, 0.3) is 11.1 Å². The molecule has 7 heteroatoms. The summed E-state index contributed by atoms with van der Waals surface area (Å²) in [7, 11) is 0. The van der Waals surface area contributed by atoms with Gasteiger partial charge < -0.3 is 19.6 Å². The van der Waals surface area contributed by atoms with Gasteiger partial charge in [-0.15, -0.1) is 10.2 Å². The summed E-state index contributed by atoms with van der Waals surface area (Å²) in [4.78, 5) is 13.2. The molecule has 0 bridgehead atoms. The first-order valence-corrected chi connectivity index (χ1v) is 11.0. The van der Waals surface area contributed by atoms with Crippen LogP contribution in [0, 0.1) is 6.92 Å². The molecule has 0 saturated heterocycles. The SMILES string of the molecule is CCCCCc1cc2c(c(O)c1C(=O)NCc1nnco1)-c1cc(C)ccc1C(C)(C)O2. The van der Waals surface area contributed by atoms with E-state index in [0.29, 0.717) is 23.6 Å². The molecule has 0 aliphatic carbocycles. The van der Waals surface area contributed by atoms with E-state index in [1.165, 1.54) is 6.39 Å². The molecule has 0 spiro atoms. The smallest absolute Gasteiger partial charge is 0.255 e. The molecule has 1 aliphatic rings. The van der Waals surface area contributed by atoms with Crippen LogP contribution in [0.15, 0.2) is 35.1 Å². The van der Waals surface area contributed by atoms with Crippen molar-refractivity contribution in [2.45, 2.75) is 65.5 Å². The molecule has 4 rings (SSSR count). The largest absolute Gasteiger partial charge is 0.506 e. The third-order valence-corrected chi connectivity index (χ3v) is 5.89. The number of aromatic hydroxyl groups is 1. The number of unbranched alkanes of at least 4 members (excludes halogenated alkanes) is 2. The molecule has 2 aromatic carbocycles. The number of hydrogen-bond acceptors (Lipinski definition) is 6. The standard InChI is InChI=1S/C25H29N3O4/c1-5-6-7-8-16-12-19-22(17-11-15(2)9-10-18(17)25(3,4)32-19)23(29)21(16)24(30)26-13-20-28-27-14-31-20/h9-12,14,29H,5-8,13H2,1-4H3,(H,26,30). The average Bonchev–Trinajstić information content (AvgIpc) is 3.25. The van der Waals surface area contributed by atoms with E-state index in [1.54, 1.807) is 0 Å². The molecule has 32 heavy (non-hydrogen) atoms. The molecule has 0 saturated carbocycles. The maximum atomic E-state index is 13.2. The van der Waals surface area contributed by atoms with Gasteiger partial charge in [0.2, 0.25) is 12.3 Å². The number of benzene rings is 2. The molecule has 3 aromatic rings. The zero-order chi connectivity index (χ0) is 22.9. The lowest BCUT2D eigenvalue weighted by Gasteiger charge is -2.36. The topological polar surface area (TPSA) is 97.5 Å². The third-order valence-electron chi connectivity index (χ3n) is 5.89. The van der Waals surface area contributed by atoms with Crippen molar-refractivity contribution < 1.29 is 19.1 Å². The maximum absolute atomic E-state index is 13.2. The van der Waals surface area contributed by atoms with Gasteiger partial charge in [-0.25, -0.2) is 0 Å². The van der Waals surface area contributed by atoms with Crippen LogP contribution in [0.3, 0.4) is 0 Å². The van der Waals surface area contributed by atoms with Crippen molar-refractivity contribution in [3.63, 3.8) is 0 Å². The Balaban J connectivity index is 1.82.